The van der Waals surface area contributed by atoms with E-state index in [9.17, 15) is 9.59 Å². The molecule has 4 rings (SSSR count). The van der Waals surface area contributed by atoms with Crippen LogP contribution in [0.5, 0.6) is 0 Å². The molecule has 156 valence electrons. The van der Waals surface area contributed by atoms with Crippen LogP contribution in [0.3, 0.4) is 0 Å². The first-order valence-electron chi connectivity index (χ1n) is 10.2. The molecule has 0 amide bonds. The molecule has 2 aliphatic heterocycles. The maximum Gasteiger partial charge on any atom is 0.315 e. The molecule has 5 atom stereocenters. The van der Waals surface area contributed by atoms with E-state index in [-0.39, 0.29) is 25.6 Å². The lowest BCUT2D eigenvalue weighted by atomic mass is 9.80. The van der Waals surface area contributed by atoms with Crippen molar-refractivity contribution in [3.05, 3.63) is 71.8 Å². The van der Waals surface area contributed by atoms with Crippen molar-refractivity contribution in [1.29, 1.82) is 0 Å². The van der Waals surface area contributed by atoms with Gasteiger partial charge in [-0.2, -0.15) is 0 Å². The van der Waals surface area contributed by atoms with Crippen LogP contribution in [0.25, 0.3) is 0 Å². The van der Waals surface area contributed by atoms with Gasteiger partial charge in [0, 0.05) is 0 Å². The molecule has 0 aromatic heterocycles. The SMILES string of the molecule is B[C@@H]1O[C@]2(CC(=O)OCc3ccccc3)C(C(=O)OCc3ccccc3)C1O[C@H]2C. The molecule has 2 fully saturated rings. The first-order chi connectivity index (χ1) is 14.5. The Hall–Kier alpha value is -2.64. The average molecular weight is 408 g/mol. The minimum atomic E-state index is -1.08. The molecule has 0 saturated carbocycles. The molecule has 2 unspecified atom stereocenters. The lowest BCUT2D eigenvalue weighted by Crippen LogP contribution is -2.48. The number of ether oxygens (including phenoxy) is 4. The summed E-state index contributed by atoms with van der Waals surface area (Å²) in [6.45, 7) is 2.17. The van der Waals surface area contributed by atoms with E-state index < -0.39 is 35.7 Å². The summed E-state index contributed by atoms with van der Waals surface area (Å²) in [5, 5.41) is 0. The molecule has 6 nitrogen and oxygen atoms in total. The molecular weight excluding hydrogens is 383 g/mol. The van der Waals surface area contributed by atoms with Crippen molar-refractivity contribution >= 4 is 19.8 Å². The molecule has 2 aliphatic rings. The lowest BCUT2D eigenvalue weighted by molar-refractivity contribution is -0.178. The predicted molar refractivity (Wildman–Crippen MR) is 111 cm³/mol. The minimum absolute atomic E-state index is 0.0626. The maximum absolute atomic E-state index is 13.0. The van der Waals surface area contributed by atoms with Crippen molar-refractivity contribution in [3.63, 3.8) is 0 Å². The second-order valence-electron chi connectivity index (χ2n) is 7.91. The quantitative estimate of drug-likeness (QED) is 0.516. The summed E-state index contributed by atoms with van der Waals surface area (Å²) in [7, 11) is 1.85. The van der Waals surface area contributed by atoms with E-state index in [2.05, 4.69) is 0 Å². The summed E-state index contributed by atoms with van der Waals surface area (Å²) in [6, 6.07) is 18.6. The van der Waals surface area contributed by atoms with Crippen molar-refractivity contribution in [2.24, 2.45) is 5.92 Å². The number of carbonyl (C=O) groups excluding carboxylic acids is 2. The summed E-state index contributed by atoms with van der Waals surface area (Å²) in [6.07, 6.45) is -0.921. The van der Waals surface area contributed by atoms with Crippen LogP contribution in [0.15, 0.2) is 60.7 Å². The zero-order valence-electron chi connectivity index (χ0n) is 17.2. The molecule has 0 aliphatic carbocycles. The van der Waals surface area contributed by atoms with Gasteiger partial charge in [-0.15, -0.1) is 0 Å². The zero-order chi connectivity index (χ0) is 21.1. The van der Waals surface area contributed by atoms with Gasteiger partial charge in [0.2, 0.25) is 0 Å². The Morgan fingerprint density at radius 2 is 1.53 bits per heavy atom. The van der Waals surface area contributed by atoms with Gasteiger partial charge >= 0.3 is 11.9 Å². The highest BCUT2D eigenvalue weighted by atomic mass is 16.6. The van der Waals surface area contributed by atoms with Crippen molar-refractivity contribution in [1.82, 2.24) is 0 Å². The van der Waals surface area contributed by atoms with Gasteiger partial charge in [0.15, 0.2) is 0 Å². The number of hydrogen-bond donors (Lipinski definition) is 0. The molecule has 0 radical (unpaired) electrons. The topological polar surface area (TPSA) is 71.1 Å². The van der Waals surface area contributed by atoms with E-state index in [0.29, 0.717) is 0 Å². The molecule has 0 N–H and O–H groups in total. The summed E-state index contributed by atoms with van der Waals surface area (Å²) < 4.78 is 23.2. The van der Waals surface area contributed by atoms with E-state index in [4.69, 9.17) is 18.9 Å². The number of esters is 2. The lowest BCUT2D eigenvalue weighted by Gasteiger charge is -2.35. The van der Waals surface area contributed by atoms with Crippen molar-refractivity contribution in [2.75, 3.05) is 0 Å². The highest BCUT2D eigenvalue weighted by Crippen LogP contribution is 2.50. The van der Waals surface area contributed by atoms with Crippen LogP contribution in [0.2, 0.25) is 0 Å². The van der Waals surface area contributed by atoms with Gasteiger partial charge in [0.1, 0.15) is 32.6 Å². The minimum Gasteiger partial charge on any atom is -0.461 e. The van der Waals surface area contributed by atoms with E-state index in [1.54, 1.807) is 0 Å². The molecule has 2 aromatic carbocycles. The Morgan fingerprint density at radius 3 is 2.13 bits per heavy atom. The third-order valence-corrected chi connectivity index (χ3v) is 5.91. The zero-order valence-corrected chi connectivity index (χ0v) is 17.2. The van der Waals surface area contributed by atoms with E-state index >= 15 is 0 Å². The Labute approximate surface area is 176 Å². The second kappa shape index (κ2) is 8.62. The monoisotopic (exact) mass is 408 g/mol. The molecule has 0 spiro atoms. The van der Waals surface area contributed by atoms with Crippen LogP contribution in [0, 0.1) is 5.92 Å². The maximum atomic E-state index is 13.0. The first-order valence-corrected chi connectivity index (χ1v) is 10.2. The molecule has 30 heavy (non-hydrogen) atoms. The van der Waals surface area contributed by atoms with Gasteiger partial charge in [-0.3, -0.25) is 9.59 Å². The Morgan fingerprint density at radius 1 is 0.967 bits per heavy atom. The van der Waals surface area contributed by atoms with Crippen LogP contribution in [-0.2, 0) is 41.8 Å². The van der Waals surface area contributed by atoms with Crippen molar-refractivity contribution < 1.29 is 28.5 Å². The van der Waals surface area contributed by atoms with Crippen LogP contribution in [0.4, 0.5) is 0 Å². The summed E-state index contributed by atoms with van der Waals surface area (Å²) in [5.74, 6) is -1.51. The Bertz CT molecular complexity index is 889. The van der Waals surface area contributed by atoms with E-state index in [1.807, 2.05) is 75.4 Å². The van der Waals surface area contributed by atoms with Crippen LogP contribution >= 0.6 is 0 Å². The van der Waals surface area contributed by atoms with Gasteiger partial charge in [0.05, 0.1) is 24.6 Å². The fourth-order valence-electron chi connectivity index (χ4n) is 4.39. The third kappa shape index (κ3) is 4.00. The number of benzene rings is 2. The van der Waals surface area contributed by atoms with E-state index in [1.165, 1.54) is 0 Å². The van der Waals surface area contributed by atoms with Crippen molar-refractivity contribution in [2.45, 2.75) is 50.4 Å². The number of fused-ring (bicyclic) bond motifs is 2. The van der Waals surface area contributed by atoms with Crippen LogP contribution < -0.4 is 0 Å². The summed E-state index contributed by atoms with van der Waals surface area (Å²) in [5.41, 5.74) is 0.720. The first kappa shape index (κ1) is 20.6. The normalized spacial score (nSPS) is 29.5. The highest BCUT2D eigenvalue weighted by molar-refractivity contribution is 6.12. The smallest absolute Gasteiger partial charge is 0.315 e. The fraction of sp³-hybridized carbons (Fsp3) is 0.391. The molecule has 2 heterocycles. The molecule has 2 aromatic rings. The summed E-state index contributed by atoms with van der Waals surface area (Å²) in [4.78, 5) is 25.6. The van der Waals surface area contributed by atoms with Gasteiger partial charge in [-0.05, 0) is 18.1 Å². The molecular formula is C23H25BO6. The number of carbonyl (C=O) groups is 2. The van der Waals surface area contributed by atoms with Gasteiger partial charge < -0.3 is 18.9 Å². The van der Waals surface area contributed by atoms with Gasteiger partial charge in [0.25, 0.3) is 0 Å². The third-order valence-electron chi connectivity index (χ3n) is 5.91. The summed E-state index contributed by atoms with van der Waals surface area (Å²) >= 11 is 0. The standard InChI is InChI=1S/C23H25BO6/c1-15-23(12-18(25)27-13-16-8-4-2-5-9-16)19(20(29-15)21(24)30-23)22(26)28-14-17-10-6-3-7-11-17/h2-11,15,19-21H,12-14,24H2,1H3/t15-,19?,20?,21+,23-/m0/s1. The van der Waals surface area contributed by atoms with E-state index in [0.717, 1.165) is 11.1 Å². The van der Waals surface area contributed by atoms with Crippen molar-refractivity contribution in [3.8, 4) is 0 Å². The van der Waals surface area contributed by atoms with Gasteiger partial charge in [-0.1, -0.05) is 60.7 Å². The average Bonchev–Trinajstić information content (AvgIpc) is 3.19. The Kier molecular flexibility index (Phi) is 5.93. The predicted octanol–water partition coefficient (Wildman–Crippen LogP) is 1.99. The Balaban J connectivity index is 1.44. The molecule has 2 bridgehead atoms. The number of rotatable bonds is 7. The number of hydrogen-bond acceptors (Lipinski definition) is 6. The largest absolute Gasteiger partial charge is 0.461 e. The van der Waals surface area contributed by atoms with Crippen LogP contribution in [0.1, 0.15) is 24.5 Å². The van der Waals surface area contributed by atoms with Crippen LogP contribution in [-0.4, -0.2) is 43.6 Å². The molecule has 7 heteroatoms. The second-order valence-corrected chi connectivity index (χ2v) is 7.91. The molecule has 2 saturated heterocycles. The fourth-order valence-corrected chi connectivity index (χ4v) is 4.39. The highest BCUT2D eigenvalue weighted by Gasteiger charge is 2.67. The van der Waals surface area contributed by atoms with Gasteiger partial charge in [-0.25, -0.2) is 0 Å².